The minimum absolute atomic E-state index is 0.0258. The number of thioether (sulfide) groups is 1. The fourth-order valence-electron chi connectivity index (χ4n) is 2.61. The summed E-state index contributed by atoms with van der Waals surface area (Å²) < 4.78 is 0. The Labute approximate surface area is 130 Å². The SMILES string of the molecule is Cc1ccc(CN(C)C(=O)C2Cc3ccccc3S2)cc1. The molecule has 1 aliphatic heterocycles. The summed E-state index contributed by atoms with van der Waals surface area (Å²) in [6.07, 6.45) is 0.845. The number of amides is 1. The summed E-state index contributed by atoms with van der Waals surface area (Å²) in [7, 11) is 1.89. The highest BCUT2D eigenvalue weighted by atomic mass is 32.2. The van der Waals surface area contributed by atoms with Crippen LogP contribution in [0.1, 0.15) is 16.7 Å². The van der Waals surface area contributed by atoms with Gasteiger partial charge in [-0.3, -0.25) is 4.79 Å². The molecule has 0 radical (unpaired) electrons. The molecule has 1 amide bonds. The third-order valence-corrected chi connectivity index (χ3v) is 5.14. The zero-order chi connectivity index (χ0) is 14.8. The third kappa shape index (κ3) is 3.13. The monoisotopic (exact) mass is 297 g/mol. The molecule has 3 heteroatoms. The first-order valence-corrected chi connectivity index (χ1v) is 8.06. The number of benzene rings is 2. The van der Waals surface area contributed by atoms with Gasteiger partial charge in [0.2, 0.25) is 5.91 Å². The number of fused-ring (bicyclic) bond motifs is 1. The van der Waals surface area contributed by atoms with Gasteiger partial charge in [0.15, 0.2) is 0 Å². The van der Waals surface area contributed by atoms with E-state index in [0.717, 1.165) is 6.42 Å². The van der Waals surface area contributed by atoms with Gasteiger partial charge in [-0.2, -0.15) is 0 Å². The van der Waals surface area contributed by atoms with E-state index >= 15 is 0 Å². The molecule has 1 aliphatic rings. The molecule has 0 bridgehead atoms. The molecule has 0 aliphatic carbocycles. The van der Waals surface area contributed by atoms with Gasteiger partial charge in [-0.05, 0) is 30.5 Å². The van der Waals surface area contributed by atoms with Gasteiger partial charge in [0, 0.05) is 18.5 Å². The standard InChI is InChI=1S/C18H19NOS/c1-13-7-9-14(10-8-13)12-19(2)18(20)17-11-15-5-3-4-6-16(15)21-17/h3-10,17H,11-12H2,1-2H3. The first-order valence-electron chi connectivity index (χ1n) is 7.18. The van der Waals surface area contributed by atoms with E-state index in [9.17, 15) is 4.79 Å². The van der Waals surface area contributed by atoms with Crippen LogP contribution in [0, 0.1) is 6.92 Å². The van der Waals surface area contributed by atoms with E-state index < -0.39 is 0 Å². The minimum atomic E-state index is 0.0258. The lowest BCUT2D eigenvalue weighted by Crippen LogP contribution is -2.34. The summed E-state index contributed by atoms with van der Waals surface area (Å²) in [6.45, 7) is 2.75. The molecule has 0 saturated heterocycles. The molecule has 21 heavy (non-hydrogen) atoms. The number of hydrogen-bond donors (Lipinski definition) is 0. The number of nitrogens with zero attached hydrogens (tertiary/aromatic N) is 1. The lowest BCUT2D eigenvalue weighted by Gasteiger charge is -2.20. The second-order valence-corrected chi connectivity index (χ2v) is 6.84. The second kappa shape index (κ2) is 5.94. The molecule has 2 aromatic carbocycles. The Bertz CT molecular complexity index is 626. The van der Waals surface area contributed by atoms with Crippen molar-refractivity contribution < 1.29 is 4.79 Å². The number of aryl methyl sites for hydroxylation is 1. The van der Waals surface area contributed by atoms with Gasteiger partial charge in [-0.1, -0.05) is 48.0 Å². The average molecular weight is 297 g/mol. The van der Waals surface area contributed by atoms with Crippen molar-refractivity contribution in [2.75, 3.05) is 7.05 Å². The third-order valence-electron chi connectivity index (χ3n) is 3.84. The Morgan fingerprint density at radius 2 is 1.90 bits per heavy atom. The van der Waals surface area contributed by atoms with Gasteiger partial charge in [-0.15, -0.1) is 11.8 Å². The van der Waals surface area contributed by atoms with Crippen molar-refractivity contribution in [3.05, 3.63) is 65.2 Å². The molecule has 2 aromatic rings. The summed E-state index contributed by atoms with van der Waals surface area (Å²) in [5, 5.41) is 0.0258. The van der Waals surface area contributed by atoms with Crippen LogP contribution >= 0.6 is 11.8 Å². The summed E-state index contributed by atoms with van der Waals surface area (Å²) in [5.41, 5.74) is 3.72. The van der Waals surface area contributed by atoms with Crippen molar-refractivity contribution in [3.8, 4) is 0 Å². The average Bonchev–Trinajstić information content (AvgIpc) is 2.92. The van der Waals surface area contributed by atoms with Gasteiger partial charge < -0.3 is 4.90 Å². The van der Waals surface area contributed by atoms with Crippen LogP contribution in [-0.4, -0.2) is 23.1 Å². The minimum Gasteiger partial charge on any atom is -0.340 e. The lowest BCUT2D eigenvalue weighted by atomic mass is 10.1. The van der Waals surface area contributed by atoms with Gasteiger partial charge in [-0.25, -0.2) is 0 Å². The highest BCUT2D eigenvalue weighted by Crippen LogP contribution is 2.37. The van der Waals surface area contributed by atoms with Crippen LogP contribution in [0.4, 0.5) is 0 Å². The quantitative estimate of drug-likeness (QED) is 0.861. The highest BCUT2D eigenvalue weighted by molar-refractivity contribution is 8.01. The van der Waals surface area contributed by atoms with E-state index in [0.29, 0.717) is 6.54 Å². The number of carbonyl (C=O) groups is 1. The summed E-state index contributed by atoms with van der Waals surface area (Å²) in [5.74, 6) is 0.219. The van der Waals surface area contributed by atoms with Crippen LogP contribution in [0.15, 0.2) is 53.4 Å². The Morgan fingerprint density at radius 1 is 1.19 bits per heavy atom. The van der Waals surface area contributed by atoms with Gasteiger partial charge in [0.05, 0.1) is 5.25 Å². The zero-order valence-corrected chi connectivity index (χ0v) is 13.2. The molecule has 0 N–H and O–H groups in total. The predicted octanol–water partition coefficient (Wildman–Crippen LogP) is 3.67. The van der Waals surface area contributed by atoms with Crippen molar-refractivity contribution in [3.63, 3.8) is 0 Å². The Balaban J connectivity index is 1.65. The molecular weight excluding hydrogens is 278 g/mol. The number of carbonyl (C=O) groups excluding carboxylic acids is 1. The van der Waals surface area contributed by atoms with E-state index in [4.69, 9.17) is 0 Å². The fraction of sp³-hybridized carbons (Fsp3) is 0.278. The van der Waals surface area contributed by atoms with E-state index in [1.807, 2.05) is 24.1 Å². The Hall–Kier alpha value is -1.74. The van der Waals surface area contributed by atoms with Crippen LogP contribution in [0.3, 0.4) is 0 Å². The normalized spacial score (nSPS) is 16.6. The van der Waals surface area contributed by atoms with Crippen LogP contribution < -0.4 is 0 Å². The van der Waals surface area contributed by atoms with E-state index in [-0.39, 0.29) is 11.2 Å². The lowest BCUT2D eigenvalue weighted by molar-refractivity contribution is -0.129. The van der Waals surface area contributed by atoms with E-state index in [1.54, 1.807) is 11.8 Å². The Morgan fingerprint density at radius 3 is 2.62 bits per heavy atom. The summed E-state index contributed by atoms with van der Waals surface area (Å²) in [4.78, 5) is 15.7. The molecule has 0 saturated carbocycles. The molecule has 0 spiro atoms. The zero-order valence-electron chi connectivity index (χ0n) is 12.4. The van der Waals surface area contributed by atoms with Crippen molar-refractivity contribution in [1.29, 1.82) is 0 Å². The molecule has 1 unspecified atom stereocenters. The van der Waals surface area contributed by atoms with Crippen LogP contribution in [0.5, 0.6) is 0 Å². The molecule has 0 aromatic heterocycles. The molecule has 1 heterocycles. The highest BCUT2D eigenvalue weighted by Gasteiger charge is 2.29. The number of rotatable bonds is 3. The van der Waals surface area contributed by atoms with Gasteiger partial charge >= 0.3 is 0 Å². The summed E-state index contributed by atoms with van der Waals surface area (Å²) in [6, 6.07) is 16.7. The Kier molecular flexibility index (Phi) is 4.02. The fourth-order valence-corrected chi connectivity index (χ4v) is 3.92. The maximum absolute atomic E-state index is 12.6. The van der Waals surface area contributed by atoms with Gasteiger partial charge in [0.1, 0.15) is 0 Å². The first kappa shape index (κ1) is 14.2. The molecule has 3 rings (SSSR count). The summed E-state index contributed by atoms with van der Waals surface area (Å²) >= 11 is 1.69. The predicted molar refractivity (Wildman–Crippen MR) is 87.4 cm³/mol. The molecule has 0 fully saturated rings. The van der Waals surface area contributed by atoms with Crippen molar-refractivity contribution in [1.82, 2.24) is 4.90 Å². The topological polar surface area (TPSA) is 20.3 Å². The van der Waals surface area contributed by atoms with E-state index in [1.165, 1.54) is 21.6 Å². The molecule has 108 valence electrons. The van der Waals surface area contributed by atoms with Crippen LogP contribution in [-0.2, 0) is 17.8 Å². The maximum atomic E-state index is 12.6. The first-order chi connectivity index (χ1) is 10.1. The van der Waals surface area contributed by atoms with Crippen molar-refractivity contribution in [2.45, 2.75) is 30.0 Å². The largest absolute Gasteiger partial charge is 0.340 e. The van der Waals surface area contributed by atoms with E-state index in [2.05, 4.69) is 43.3 Å². The number of hydrogen-bond acceptors (Lipinski definition) is 2. The molecular formula is C18H19NOS. The van der Waals surface area contributed by atoms with Crippen molar-refractivity contribution >= 4 is 17.7 Å². The molecule has 2 nitrogen and oxygen atoms in total. The van der Waals surface area contributed by atoms with Crippen LogP contribution in [0.25, 0.3) is 0 Å². The van der Waals surface area contributed by atoms with Crippen molar-refractivity contribution in [2.24, 2.45) is 0 Å². The maximum Gasteiger partial charge on any atom is 0.236 e. The smallest absolute Gasteiger partial charge is 0.236 e. The van der Waals surface area contributed by atoms with Gasteiger partial charge in [0.25, 0.3) is 0 Å². The molecule has 1 atom stereocenters. The second-order valence-electron chi connectivity index (χ2n) is 5.60. The van der Waals surface area contributed by atoms with Crippen LogP contribution in [0.2, 0.25) is 0 Å².